The summed E-state index contributed by atoms with van der Waals surface area (Å²) >= 11 is 1.32. The van der Waals surface area contributed by atoms with Crippen LogP contribution in [0, 0.1) is 6.92 Å². The molecule has 39 heavy (non-hydrogen) atoms. The third kappa shape index (κ3) is 5.57. The highest BCUT2D eigenvalue weighted by Crippen LogP contribution is 2.38. The Labute approximate surface area is 231 Å². The molecule has 1 aromatic heterocycles. The number of ether oxygens (including phenoxy) is 2. The first-order valence-electron chi connectivity index (χ1n) is 12.9. The number of aryl methyl sites for hydroxylation is 1. The lowest BCUT2D eigenvalue weighted by atomic mass is 9.74. The summed E-state index contributed by atoms with van der Waals surface area (Å²) in [5.74, 6) is -0.800. The second-order valence-electron chi connectivity index (χ2n) is 9.71. The highest BCUT2D eigenvalue weighted by molar-refractivity contribution is 7.10. The van der Waals surface area contributed by atoms with Gasteiger partial charge in [-0.15, -0.1) is 0 Å². The molecule has 1 atom stereocenters. The number of nitrogens with one attached hydrogen (secondary N) is 1. The third-order valence-electron chi connectivity index (χ3n) is 7.32. The Hall–Kier alpha value is -4.01. The molecule has 4 aromatic rings. The first-order chi connectivity index (χ1) is 18.9. The van der Waals surface area contributed by atoms with Gasteiger partial charge in [0, 0.05) is 13.2 Å². The van der Waals surface area contributed by atoms with E-state index in [9.17, 15) is 14.7 Å². The molecule has 7 nitrogen and oxygen atoms in total. The summed E-state index contributed by atoms with van der Waals surface area (Å²) < 4.78 is 15.5. The van der Waals surface area contributed by atoms with Crippen LogP contribution in [-0.4, -0.2) is 34.8 Å². The lowest BCUT2D eigenvalue weighted by molar-refractivity contribution is -0.147. The summed E-state index contributed by atoms with van der Waals surface area (Å²) in [7, 11) is 0. The van der Waals surface area contributed by atoms with Crippen LogP contribution >= 0.6 is 11.5 Å². The molecule has 1 fully saturated rings. The molecule has 0 aliphatic carbocycles. The van der Waals surface area contributed by atoms with Crippen LogP contribution in [-0.2, 0) is 19.7 Å². The maximum absolute atomic E-state index is 12.7. The number of hydrogen-bond acceptors (Lipinski definition) is 6. The Kier molecular flexibility index (Phi) is 7.77. The minimum absolute atomic E-state index is 0.385. The van der Waals surface area contributed by atoms with E-state index in [1.807, 2.05) is 92.7 Å². The number of aromatic nitrogens is 1. The summed E-state index contributed by atoms with van der Waals surface area (Å²) in [5, 5.41) is 12.8. The smallest absolute Gasteiger partial charge is 0.412 e. The maximum atomic E-state index is 12.7. The highest BCUT2D eigenvalue weighted by Gasteiger charge is 2.41. The summed E-state index contributed by atoms with van der Waals surface area (Å²) in [5.41, 5.74) is 5.12. The molecule has 200 valence electrons. The van der Waals surface area contributed by atoms with Gasteiger partial charge in [0.1, 0.15) is 6.10 Å². The standard InChI is InChI=1S/C31H30N2O5S/c1-20-27(32-30(36)38-21(2)22-6-4-3-5-7-22)28(39-33-20)25-10-8-23(9-11-25)24-12-14-26(15-13-24)31(29(34)35)16-18-37-19-17-31/h3-15,21H,16-19H2,1-2H3,(H,32,36)(H,34,35)/t21-/m1/s1. The zero-order valence-electron chi connectivity index (χ0n) is 21.8. The summed E-state index contributed by atoms with van der Waals surface area (Å²) in [6.07, 6.45) is 0.0275. The minimum atomic E-state index is -0.895. The van der Waals surface area contributed by atoms with Crippen molar-refractivity contribution in [3.8, 4) is 21.6 Å². The van der Waals surface area contributed by atoms with Gasteiger partial charge in [-0.05, 0) is 66.0 Å². The number of anilines is 1. The first-order valence-corrected chi connectivity index (χ1v) is 13.7. The van der Waals surface area contributed by atoms with E-state index >= 15 is 0 Å². The van der Waals surface area contributed by atoms with Crippen molar-refractivity contribution in [3.63, 3.8) is 0 Å². The van der Waals surface area contributed by atoms with Crippen LogP contribution in [0.5, 0.6) is 0 Å². The largest absolute Gasteiger partial charge is 0.481 e. The average molecular weight is 543 g/mol. The molecule has 0 bridgehead atoms. The van der Waals surface area contributed by atoms with Gasteiger partial charge in [0.15, 0.2) is 0 Å². The molecular weight excluding hydrogens is 512 g/mol. The van der Waals surface area contributed by atoms with E-state index in [1.165, 1.54) is 11.5 Å². The fourth-order valence-corrected chi connectivity index (χ4v) is 5.79. The number of aliphatic carboxylic acids is 1. The van der Waals surface area contributed by atoms with Crippen LogP contribution in [0.4, 0.5) is 10.5 Å². The van der Waals surface area contributed by atoms with Gasteiger partial charge < -0.3 is 14.6 Å². The van der Waals surface area contributed by atoms with Crippen LogP contribution in [0.1, 0.15) is 42.7 Å². The average Bonchev–Trinajstić information content (AvgIpc) is 3.33. The lowest BCUT2D eigenvalue weighted by Gasteiger charge is -2.33. The number of carbonyl (C=O) groups is 2. The Morgan fingerprint density at radius 3 is 2.15 bits per heavy atom. The summed E-state index contributed by atoms with van der Waals surface area (Å²) in [6.45, 7) is 4.60. The number of benzene rings is 3. The molecular formula is C31H30N2O5S. The number of nitrogens with zero attached hydrogens (tertiary/aromatic N) is 1. The molecule has 1 aliphatic rings. The van der Waals surface area contributed by atoms with Gasteiger partial charge >= 0.3 is 12.1 Å². The van der Waals surface area contributed by atoms with E-state index in [1.54, 1.807) is 0 Å². The second kappa shape index (κ2) is 11.4. The molecule has 3 aromatic carbocycles. The van der Waals surface area contributed by atoms with Crippen molar-refractivity contribution in [2.45, 2.75) is 38.2 Å². The van der Waals surface area contributed by atoms with Crippen molar-refractivity contribution in [1.29, 1.82) is 0 Å². The van der Waals surface area contributed by atoms with Crippen molar-refractivity contribution < 1.29 is 24.2 Å². The van der Waals surface area contributed by atoms with E-state index in [2.05, 4.69) is 9.69 Å². The Bertz CT molecular complexity index is 1440. The minimum Gasteiger partial charge on any atom is -0.481 e. The molecule has 1 saturated heterocycles. The fraction of sp³-hybridized carbons (Fsp3) is 0.258. The van der Waals surface area contributed by atoms with Gasteiger partial charge in [0.05, 0.1) is 21.7 Å². The molecule has 5 rings (SSSR count). The maximum Gasteiger partial charge on any atom is 0.412 e. The zero-order chi connectivity index (χ0) is 27.4. The Morgan fingerprint density at radius 2 is 1.54 bits per heavy atom. The van der Waals surface area contributed by atoms with Gasteiger partial charge in [0.25, 0.3) is 0 Å². The van der Waals surface area contributed by atoms with Crippen LogP contribution in [0.25, 0.3) is 21.6 Å². The number of carbonyl (C=O) groups excluding carboxylic acids is 1. The van der Waals surface area contributed by atoms with Crippen molar-refractivity contribution in [2.75, 3.05) is 18.5 Å². The van der Waals surface area contributed by atoms with E-state index in [4.69, 9.17) is 9.47 Å². The number of amides is 1. The number of carboxylic acids is 1. The predicted molar refractivity (Wildman–Crippen MR) is 152 cm³/mol. The molecule has 8 heteroatoms. The number of hydrogen-bond donors (Lipinski definition) is 2. The first kappa shape index (κ1) is 26.6. The van der Waals surface area contributed by atoms with Crippen molar-refractivity contribution in [1.82, 2.24) is 4.37 Å². The van der Waals surface area contributed by atoms with Crippen LogP contribution in [0.15, 0.2) is 78.9 Å². The molecule has 0 spiro atoms. The fourth-order valence-electron chi connectivity index (χ4n) is 4.94. The van der Waals surface area contributed by atoms with Crippen LogP contribution in [0.3, 0.4) is 0 Å². The molecule has 1 aliphatic heterocycles. The van der Waals surface area contributed by atoms with E-state index in [-0.39, 0.29) is 6.10 Å². The zero-order valence-corrected chi connectivity index (χ0v) is 22.7. The summed E-state index contributed by atoms with van der Waals surface area (Å²) in [4.78, 5) is 25.6. The van der Waals surface area contributed by atoms with E-state index in [0.29, 0.717) is 31.7 Å². The topological polar surface area (TPSA) is 97.8 Å². The Morgan fingerprint density at radius 1 is 0.949 bits per heavy atom. The molecule has 2 heterocycles. The van der Waals surface area contributed by atoms with Gasteiger partial charge in [-0.2, -0.15) is 4.37 Å². The molecule has 1 amide bonds. The van der Waals surface area contributed by atoms with Gasteiger partial charge in [-0.25, -0.2) is 4.79 Å². The Balaban J connectivity index is 1.31. The summed E-state index contributed by atoms with van der Waals surface area (Å²) in [6, 6.07) is 25.4. The molecule has 0 radical (unpaired) electrons. The number of carboxylic acid groups (broad SMARTS) is 1. The van der Waals surface area contributed by atoms with Gasteiger partial charge in [-0.1, -0.05) is 78.9 Å². The van der Waals surface area contributed by atoms with Gasteiger partial charge in [-0.3, -0.25) is 10.1 Å². The monoisotopic (exact) mass is 542 g/mol. The van der Waals surface area contributed by atoms with Gasteiger partial charge in [0.2, 0.25) is 0 Å². The van der Waals surface area contributed by atoms with Crippen molar-refractivity contribution >= 4 is 29.3 Å². The lowest BCUT2D eigenvalue weighted by Crippen LogP contribution is -2.41. The van der Waals surface area contributed by atoms with Crippen LogP contribution in [0.2, 0.25) is 0 Å². The molecule has 2 N–H and O–H groups in total. The normalized spacial score (nSPS) is 15.3. The second-order valence-corrected chi connectivity index (χ2v) is 10.5. The number of rotatable bonds is 7. The van der Waals surface area contributed by atoms with E-state index in [0.717, 1.165) is 38.4 Å². The van der Waals surface area contributed by atoms with E-state index < -0.39 is 17.5 Å². The van der Waals surface area contributed by atoms with Crippen LogP contribution < -0.4 is 5.32 Å². The third-order valence-corrected chi connectivity index (χ3v) is 8.30. The predicted octanol–water partition coefficient (Wildman–Crippen LogP) is 7.23. The highest BCUT2D eigenvalue weighted by atomic mass is 32.1. The van der Waals surface area contributed by atoms with Crippen molar-refractivity contribution in [3.05, 3.63) is 95.7 Å². The molecule has 0 unspecified atom stereocenters. The molecule has 0 saturated carbocycles. The quantitative estimate of drug-likeness (QED) is 0.256. The SMILES string of the molecule is Cc1nsc(-c2ccc(-c3ccc(C4(C(=O)O)CCOCC4)cc3)cc2)c1NC(=O)O[C@H](C)c1ccccc1. The van der Waals surface area contributed by atoms with Crippen molar-refractivity contribution in [2.24, 2.45) is 0 Å².